The molecule has 6 heteroatoms. The van der Waals surface area contributed by atoms with Gasteiger partial charge in [-0.15, -0.1) is 0 Å². The van der Waals surface area contributed by atoms with E-state index in [0.29, 0.717) is 24.5 Å². The Kier molecular flexibility index (Phi) is 4.39. The van der Waals surface area contributed by atoms with Gasteiger partial charge in [-0.2, -0.15) is 0 Å². The number of H-pyrrole nitrogens is 1. The van der Waals surface area contributed by atoms with Crippen molar-refractivity contribution < 1.29 is 14.3 Å². The summed E-state index contributed by atoms with van der Waals surface area (Å²) in [6, 6.07) is 11.8. The molecule has 3 heterocycles. The van der Waals surface area contributed by atoms with Crippen molar-refractivity contribution in [3.05, 3.63) is 65.4 Å². The number of aromatic nitrogens is 1. The monoisotopic (exact) mass is 415 g/mol. The smallest absolute Gasteiger partial charge is 0.278 e. The Morgan fingerprint density at radius 1 is 1.19 bits per heavy atom. The molecular weight excluding hydrogens is 390 g/mol. The third-order valence-electron chi connectivity index (χ3n) is 6.30. The van der Waals surface area contributed by atoms with Crippen molar-refractivity contribution in [3.63, 3.8) is 0 Å². The number of aromatic amines is 1. The van der Waals surface area contributed by atoms with E-state index >= 15 is 0 Å². The Morgan fingerprint density at radius 3 is 2.81 bits per heavy atom. The molecule has 2 amide bonds. The first kappa shape index (κ1) is 19.4. The molecule has 0 bridgehead atoms. The van der Waals surface area contributed by atoms with Crippen molar-refractivity contribution in [3.8, 4) is 5.75 Å². The number of rotatable bonds is 2. The third-order valence-corrected chi connectivity index (χ3v) is 6.30. The molecule has 6 nitrogen and oxygen atoms in total. The van der Waals surface area contributed by atoms with Gasteiger partial charge in [0.1, 0.15) is 5.75 Å². The van der Waals surface area contributed by atoms with Crippen LogP contribution in [0.25, 0.3) is 16.5 Å². The molecule has 2 aliphatic rings. The lowest BCUT2D eigenvalue weighted by Gasteiger charge is -2.38. The Labute approximate surface area is 180 Å². The first-order chi connectivity index (χ1) is 14.9. The second-order valence-corrected chi connectivity index (χ2v) is 8.52. The highest BCUT2D eigenvalue weighted by atomic mass is 16.5. The van der Waals surface area contributed by atoms with Gasteiger partial charge in [-0.25, -0.2) is 0 Å². The second-order valence-electron chi connectivity index (χ2n) is 8.52. The Bertz CT molecular complexity index is 1260. The van der Waals surface area contributed by atoms with Crippen LogP contribution in [0, 0.1) is 13.8 Å². The first-order valence-corrected chi connectivity index (χ1v) is 10.5. The minimum absolute atomic E-state index is 0.318. The molecule has 1 aromatic heterocycles. The van der Waals surface area contributed by atoms with Crippen molar-refractivity contribution in [2.75, 3.05) is 18.4 Å². The van der Waals surface area contributed by atoms with E-state index in [2.05, 4.69) is 35.4 Å². The molecule has 0 saturated carbocycles. The fourth-order valence-electron chi connectivity index (χ4n) is 4.50. The van der Waals surface area contributed by atoms with E-state index in [9.17, 15) is 9.59 Å². The number of amides is 2. The summed E-state index contributed by atoms with van der Waals surface area (Å²) in [5, 5.41) is 4.06. The van der Waals surface area contributed by atoms with Gasteiger partial charge in [0.2, 0.25) is 0 Å². The number of nitrogens with one attached hydrogen (secondary N) is 2. The fourth-order valence-corrected chi connectivity index (χ4v) is 4.50. The van der Waals surface area contributed by atoms with Gasteiger partial charge in [0, 0.05) is 35.8 Å². The van der Waals surface area contributed by atoms with Crippen LogP contribution in [0.15, 0.2) is 48.7 Å². The Morgan fingerprint density at radius 2 is 2.03 bits per heavy atom. The average Bonchev–Trinajstić information content (AvgIpc) is 3.20. The van der Waals surface area contributed by atoms with Gasteiger partial charge in [0.15, 0.2) is 0 Å². The molecular formula is C25H25N3O3. The first-order valence-electron chi connectivity index (χ1n) is 10.5. The van der Waals surface area contributed by atoms with Crippen LogP contribution >= 0.6 is 0 Å². The molecule has 2 aliphatic heterocycles. The summed E-state index contributed by atoms with van der Waals surface area (Å²) in [4.78, 5) is 31.2. The SMILES string of the molecule is Cc1ccc2c(c1)NC(=O)C(C)(C(=O)N1CC=C(c3c[nH]c4cccc(C)c34)CC1)O2. The summed E-state index contributed by atoms with van der Waals surface area (Å²) < 4.78 is 5.95. The zero-order chi connectivity index (χ0) is 21.8. The number of aryl methyl sites for hydroxylation is 2. The molecule has 0 aliphatic carbocycles. The minimum Gasteiger partial charge on any atom is -0.466 e. The lowest BCUT2D eigenvalue weighted by Crippen LogP contribution is -2.60. The van der Waals surface area contributed by atoms with Gasteiger partial charge in [0.25, 0.3) is 17.4 Å². The quantitative estimate of drug-likeness (QED) is 0.617. The Balaban J connectivity index is 1.39. The maximum atomic E-state index is 13.3. The number of nitrogens with zero attached hydrogens (tertiary/aromatic N) is 1. The minimum atomic E-state index is -1.58. The summed E-state index contributed by atoms with van der Waals surface area (Å²) in [6.45, 7) is 6.59. The predicted molar refractivity (Wildman–Crippen MR) is 121 cm³/mol. The zero-order valence-electron chi connectivity index (χ0n) is 17.9. The lowest BCUT2D eigenvalue weighted by atomic mass is 9.95. The van der Waals surface area contributed by atoms with Crippen molar-refractivity contribution in [1.29, 1.82) is 0 Å². The van der Waals surface area contributed by atoms with E-state index in [-0.39, 0.29) is 5.91 Å². The van der Waals surface area contributed by atoms with Crippen LogP contribution in [0.1, 0.15) is 30.0 Å². The molecule has 1 unspecified atom stereocenters. The number of carbonyl (C=O) groups is 2. The van der Waals surface area contributed by atoms with Gasteiger partial charge in [-0.05, 0) is 62.1 Å². The molecule has 0 spiro atoms. The summed E-state index contributed by atoms with van der Waals surface area (Å²) in [5.74, 6) is -0.233. The standard InChI is InChI=1S/C25H25N3O3/c1-15-7-8-21-20(13-15)27-23(29)25(3,31-21)24(30)28-11-9-17(10-12-28)18-14-26-19-6-4-5-16(2)22(18)19/h4-9,13-14,26H,10-12H2,1-3H3,(H,27,29). The normalized spacial score (nSPS) is 20.7. The highest BCUT2D eigenvalue weighted by Gasteiger charge is 2.49. The van der Waals surface area contributed by atoms with Crippen LogP contribution in [0.2, 0.25) is 0 Å². The van der Waals surface area contributed by atoms with Crippen molar-refractivity contribution in [2.24, 2.45) is 0 Å². The van der Waals surface area contributed by atoms with E-state index in [4.69, 9.17) is 4.74 Å². The summed E-state index contributed by atoms with van der Waals surface area (Å²) in [5.41, 5.74) is 4.77. The second kappa shape index (κ2) is 7.01. The number of anilines is 1. The van der Waals surface area contributed by atoms with Gasteiger partial charge >= 0.3 is 0 Å². The van der Waals surface area contributed by atoms with Crippen molar-refractivity contribution >= 4 is 34.0 Å². The molecule has 2 aromatic carbocycles. The van der Waals surface area contributed by atoms with E-state index < -0.39 is 11.5 Å². The van der Waals surface area contributed by atoms with Crippen molar-refractivity contribution in [1.82, 2.24) is 9.88 Å². The topological polar surface area (TPSA) is 74.4 Å². The summed E-state index contributed by atoms with van der Waals surface area (Å²) in [7, 11) is 0. The highest BCUT2D eigenvalue weighted by Crippen LogP contribution is 2.36. The fraction of sp³-hybridized carbons (Fsp3) is 0.280. The molecule has 0 radical (unpaired) electrons. The maximum absolute atomic E-state index is 13.3. The molecule has 1 atom stereocenters. The number of ether oxygens (including phenoxy) is 1. The third kappa shape index (κ3) is 3.10. The van der Waals surface area contributed by atoms with Gasteiger partial charge in [0.05, 0.1) is 5.69 Å². The van der Waals surface area contributed by atoms with Crippen LogP contribution in [0.3, 0.4) is 0 Å². The van der Waals surface area contributed by atoms with Crippen LogP contribution in [0.5, 0.6) is 5.75 Å². The molecule has 0 saturated heterocycles. The Hall–Kier alpha value is -3.54. The van der Waals surface area contributed by atoms with Crippen LogP contribution < -0.4 is 10.1 Å². The molecule has 31 heavy (non-hydrogen) atoms. The molecule has 2 N–H and O–H groups in total. The molecule has 0 fully saturated rings. The highest BCUT2D eigenvalue weighted by molar-refractivity contribution is 6.15. The summed E-state index contributed by atoms with van der Waals surface area (Å²) in [6.07, 6.45) is 4.84. The van der Waals surface area contributed by atoms with Gasteiger partial charge in [-0.1, -0.05) is 24.3 Å². The van der Waals surface area contributed by atoms with Crippen LogP contribution in [-0.2, 0) is 9.59 Å². The number of benzene rings is 2. The summed E-state index contributed by atoms with van der Waals surface area (Å²) >= 11 is 0. The van der Waals surface area contributed by atoms with Crippen LogP contribution in [-0.4, -0.2) is 40.4 Å². The van der Waals surface area contributed by atoms with Gasteiger partial charge in [-0.3, -0.25) is 9.59 Å². The number of hydrogen-bond donors (Lipinski definition) is 2. The van der Waals surface area contributed by atoms with Crippen molar-refractivity contribution in [2.45, 2.75) is 32.8 Å². The zero-order valence-corrected chi connectivity index (χ0v) is 17.9. The van der Waals surface area contributed by atoms with Gasteiger partial charge < -0.3 is 19.9 Å². The van der Waals surface area contributed by atoms with Crippen LogP contribution in [0.4, 0.5) is 5.69 Å². The van der Waals surface area contributed by atoms with E-state index in [0.717, 1.165) is 17.5 Å². The predicted octanol–water partition coefficient (Wildman–Crippen LogP) is 4.19. The van der Waals surface area contributed by atoms with E-state index in [1.165, 1.54) is 22.1 Å². The number of carbonyl (C=O) groups excluding carboxylic acids is 2. The van der Waals surface area contributed by atoms with E-state index in [1.54, 1.807) is 17.9 Å². The van der Waals surface area contributed by atoms with E-state index in [1.807, 2.05) is 31.3 Å². The average molecular weight is 415 g/mol. The number of fused-ring (bicyclic) bond motifs is 2. The molecule has 158 valence electrons. The number of hydrogen-bond acceptors (Lipinski definition) is 3. The molecule has 5 rings (SSSR count). The maximum Gasteiger partial charge on any atom is 0.278 e. The molecule has 3 aromatic rings. The largest absolute Gasteiger partial charge is 0.466 e. The lowest BCUT2D eigenvalue weighted by molar-refractivity contribution is -0.154.